The molecule has 2 N–H and O–H groups in total. The lowest BCUT2D eigenvalue weighted by atomic mass is 10.1. The highest BCUT2D eigenvalue weighted by atomic mass is 16.4. The highest BCUT2D eigenvalue weighted by molar-refractivity contribution is 5.95. The Hall–Kier alpha value is -1.85. The highest BCUT2D eigenvalue weighted by Gasteiger charge is 2.31. The summed E-state index contributed by atoms with van der Waals surface area (Å²) in [6, 6.07) is -0.387. The van der Waals surface area contributed by atoms with Gasteiger partial charge in [0.1, 0.15) is 0 Å². The lowest BCUT2D eigenvalue weighted by Crippen LogP contribution is -2.34. The van der Waals surface area contributed by atoms with E-state index in [0.29, 0.717) is 11.5 Å². The van der Waals surface area contributed by atoms with Crippen molar-refractivity contribution in [2.75, 3.05) is 0 Å². The molecule has 0 saturated heterocycles. The van der Waals surface area contributed by atoms with E-state index in [1.54, 1.807) is 17.8 Å². The normalized spacial score (nSPS) is 16.3. The van der Waals surface area contributed by atoms with Gasteiger partial charge in [0.05, 0.1) is 23.9 Å². The number of hydrogen-bond acceptors (Lipinski definition) is 3. The first-order valence-electron chi connectivity index (χ1n) is 6.03. The van der Waals surface area contributed by atoms with Crippen molar-refractivity contribution < 1.29 is 14.7 Å². The van der Waals surface area contributed by atoms with Gasteiger partial charge in [0.15, 0.2) is 0 Å². The van der Waals surface area contributed by atoms with Crippen LogP contribution in [0.3, 0.4) is 0 Å². The van der Waals surface area contributed by atoms with Gasteiger partial charge in [-0.25, -0.2) is 0 Å². The summed E-state index contributed by atoms with van der Waals surface area (Å²) in [6.07, 6.45) is 3.65. The molecular weight excluding hydrogens is 234 g/mol. The van der Waals surface area contributed by atoms with Crippen molar-refractivity contribution in [2.24, 2.45) is 7.05 Å². The Morgan fingerprint density at radius 3 is 2.83 bits per heavy atom. The molecule has 98 valence electrons. The molecule has 0 radical (unpaired) electrons. The molecule has 1 amide bonds. The van der Waals surface area contributed by atoms with Gasteiger partial charge in [0.2, 0.25) is 0 Å². The smallest absolute Gasteiger partial charge is 0.305 e. The average Bonchev–Trinajstić information content (AvgIpc) is 3.00. The average molecular weight is 251 g/mol. The van der Waals surface area contributed by atoms with Gasteiger partial charge in [-0.15, -0.1) is 0 Å². The molecule has 0 aliphatic heterocycles. The van der Waals surface area contributed by atoms with E-state index in [0.717, 1.165) is 18.5 Å². The second-order valence-electron chi connectivity index (χ2n) is 4.81. The molecule has 1 unspecified atom stereocenters. The summed E-state index contributed by atoms with van der Waals surface area (Å²) in [5.41, 5.74) is 1.52. The number of carboxylic acid groups (broad SMARTS) is 1. The summed E-state index contributed by atoms with van der Waals surface area (Å²) >= 11 is 0. The van der Waals surface area contributed by atoms with Crippen LogP contribution in [0.15, 0.2) is 6.20 Å². The first-order chi connectivity index (χ1) is 8.49. The fourth-order valence-corrected chi connectivity index (χ4v) is 2.08. The molecule has 1 atom stereocenters. The zero-order valence-electron chi connectivity index (χ0n) is 10.5. The maximum atomic E-state index is 12.0. The van der Waals surface area contributed by atoms with E-state index in [-0.39, 0.29) is 18.4 Å². The van der Waals surface area contributed by atoms with Crippen LogP contribution in [0.25, 0.3) is 0 Å². The van der Waals surface area contributed by atoms with Gasteiger partial charge in [0.25, 0.3) is 5.91 Å². The molecule has 1 saturated carbocycles. The molecular formula is C12H17N3O3. The molecule has 6 heteroatoms. The topological polar surface area (TPSA) is 84.2 Å². The largest absolute Gasteiger partial charge is 0.481 e. The minimum absolute atomic E-state index is 0.0786. The van der Waals surface area contributed by atoms with Crippen LogP contribution in [-0.2, 0) is 11.8 Å². The van der Waals surface area contributed by atoms with E-state index in [1.807, 2.05) is 7.05 Å². The summed E-state index contributed by atoms with van der Waals surface area (Å²) in [5.74, 6) is -0.733. The SMILES string of the molecule is CC(CC(=O)O)NC(=O)c1cnn(C)c1C1CC1. The Morgan fingerprint density at radius 1 is 1.61 bits per heavy atom. The zero-order chi connectivity index (χ0) is 13.3. The molecule has 1 heterocycles. The van der Waals surface area contributed by atoms with Crippen LogP contribution in [0.1, 0.15) is 48.2 Å². The van der Waals surface area contributed by atoms with Crippen molar-refractivity contribution in [2.45, 2.75) is 38.1 Å². The monoisotopic (exact) mass is 251 g/mol. The van der Waals surface area contributed by atoms with Crippen LogP contribution in [0.4, 0.5) is 0 Å². The van der Waals surface area contributed by atoms with Crippen LogP contribution in [0.5, 0.6) is 0 Å². The Kier molecular flexibility index (Phi) is 3.36. The van der Waals surface area contributed by atoms with E-state index in [4.69, 9.17) is 5.11 Å². The number of carbonyl (C=O) groups is 2. The number of aromatic nitrogens is 2. The Balaban J connectivity index is 2.07. The third kappa shape index (κ3) is 2.69. The molecule has 0 spiro atoms. The van der Waals surface area contributed by atoms with Crippen molar-refractivity contribution in [3.05, 3.63) is 17.5 Å². The van der Waals surface area contributed by atoms with Crippen LogP contribution in [0.2, 0.25) is 0 Å². The van der Waals surface area contributed by atoms with Gasteiger partial charge in [0, 0.05) is 19.0 Å². The van der Waals surface area contributed by atoms with Crippen LogP contribution >= 0.6 is 0 Å². The Morgan fingerprint density at radius 2 is 2.28 bits per heavy atom. The first-order valence-corrected chi connectivity index (χ1v) is 6.03. The van der Waals surface area contributed by atoms with E-state index < -0.39 is 5.97 Å². The number of nitrogens with one attached hydrogen (secondary N) is 1. The molecule has 1 fully saturated rings. The van der Waals surface area contributed by atoms with Crippen molar-refractivity contribution in [3.63, 3.8) is 0 Å². The number of amides is 1. The standard InChI is InChI=1S/C12H17N3O3/c1-7(5-10(16)17)14-12(18)9-6-13-15(2)11(9)8-3-4-8/h6-8H,3-5H2,1-2H3,(H,14,18)(H,16,17). The van der Waals surface area contributed by atoms with E-state index in [2.05, 4.69) is 10.4 Å². The number of aliphatic carboxylic acids is 1. The van der Waals surface area contributed by atoms with Crippen molar-refractivity contribution in [1.82, 2.24) is 15.1 Å². The van der Waals surface area contributed by atoms with Crippen LogP contribution in [-0.4, -0.2) is 32.8 Å². The van der Waals surface area contributed by atoms with E-state index in [1.165, 1.54) is 0 Å². The minimum Gasteiger partial charge on any atom is -0.481 e. The fourth-order valence-electron chi connectivity index (χ4n) is 2.08. The predicted molar refractivity (Wildman–Crippen MR) is 64.4 cm³/mol. The Bertz CT molecular complexity index is 477. The Labute approximate surface area is 105 Å². The summed E-state index contributed by atoms with van der Waals surface area (Å²) in [7, 11) is 1.82. The summed E-state index contributed by atoms with van der Waals surface area (Å²) < 4.78 is 1.73. The molecule has 18 heavy (non-hydrogen) atoms. The molecule has 1 aromatic heterocycles. The molecule has 0 aromatic carbocycles. The van der Waals surface area contributed by atoms with Crippen LogP contribution < -0.4 is 5.32 Å². The molecule has 1 aliphatic rings. The number of nitrogens with zero attached hydrogens (tertiary/aromatic N) is 2. The lowest BCUT2D eigenvalue weighted by molar-refractivity contribution is -0.137. The van der Waals surface area contributed by atoms with Gasteiger partial charge < -0.3 is 10.4 Å². The van der Waals surface area contributed by atoms with Crippen molar-refractivity contribution in [3.8, 4) is 0 Å². The molecule has 6 nitrogen and oxygen atoms in total. The second kappa shape index (κ2) is 4.80. The number of carbonyl (C=O) groups excluding carboxylic acids is 1. The molecule has 1 aromatic rings. The molecule has 1 aliphatic carbocycles. The number of rotatable bonds is 5. The van der Waals surface area contributed by atoms with Gasteiger partial charge in [-0.1, -0.05) is 0 Å². The van der Waals surface area contributed by atoms with Crippen LogP contribution in [0, 0.1) is 0 Å². The minimum atomic E-state index is -0.920. The van der Waals surface area contributed by atoms with Gasteiger partial charge in [-0.3, -0.25) is 14.3 Å². The van der Waals surface area contributed by atoms with Crippen molar-refractivity contribution in [1.29, 1.82) is 0 Å². The third-order valence-electron chi connectivity index (χ3n) is 3.05. The van der Waals surface area contributed by atoms with Gasteiger partial charge in [-0.2, -0.15) is 5.10 Å². The molecule has 2 rings (SSSR count). The summed E-state index contributed by atoms with van der Waals surface area (Å²) in [6.45, 7) is 1.68. The van der Waals surface area contributed by atoms with E-state index >= 15 is 0 Å². The van der Waals surface area contributed by atoms with E-state index in [9.17, 15) is 9.59 Å². The zero-order valence-corrected chi connectivity index (χ0v) is 10.5. The quantitative estimate of drug-likeness (QED) is 0.814. The fraction of sp³-hybridized carbons (Fsp3) is 0.583. The summed E-state index contributed by atoms with van der Waals surface area (Å²) in [5, 5.41) is 15.5. The van der Waals surface area contributed by atoms with Crippen molar-refractivity contribution >= 4 is 11.9 Å². The predicted octanol–water partition coefficient (Wildman–Crippen LogP) is 0.890. The van der Waals surface area contributed by atoms with Gasteiger partial charge in [-0.05, 0) is 19.8 Å². The number of carboxylic acids is 1. The lowest BCUT2D eigenvalue weighted by Gasteiger charge is -2.11. The second-order valence-corrected chi connectivity index (χ2v) is 4.81. The maximum absolute atomic E-state index is 12.0. The first kappa shape index (κ1) is 12.6. The molecule has 0 bridgehead atoms. The maximum Gasteiger partial charge on any atom is 0.305 e. The van der Waals surface area contributed by atoms with Gasteiger partial charge >= 0.3 is 5.97 Å². The highest BCUT2D eigenvalue weighted by Crippen LogP contribution is 2.41. The third-order valence-corrected chi connectivity index (χ3v) is 3.05. The summed E-state index contributed by atoms with van der Waals surface area (Å²) in [4.78, 5) is 22.6. The number of aryl methyl sites for hydroxylation is 1. The number of hydrogen-bond donors (Lipinski definition) is 2.